The lowest BCUT2D eigenvalue weighted by molar-refractivity contribution is 0.628. The summed E-state index contributed by atoms with van der Waals surface area (Å²) in [6.45, 7) is 1.95. The summed E-state index contributed by atoms with van der Waals surface area (Å²) in [5.41, 5.74) is 2.87. The largest absolute Gasteiger partial charge is 0.207 e. The van der Waals surface area contributed by atoms with Crippen LogP contribution in [0.1, 0.15) is 5.56 Å². The van der Waals surface area contributed by atoms with Crippen LogP contribution in [-0.4, -0.2) is 0 Å². The van der Waals surface area contributed by atoms with Crippen LogP contribution in [0.15, 0.2) is 42.5 Å². The van der Waals surface area contributed by atoms with E-state index in [1.54, 1.807) is 12.1 Å². The fourth-order valence-corrected chi connectivity index (χ4v) is 1.75. The zero-order valence-corrected chi connectivity index (χ0v) is 9.05. The van der Waals surface area contributed by atoms with E-state index in [1.807, 2.05) is 25.1 Å². The molecule has 0 radical (unpaired) electrons. The van der Waals surface area contributed by atoms with Crippen LogP contribution in [0.25, 0.3) is 11.1 Å². The van der Waals surface area contributed by atoms with Gasteiger partial charge in [0.1, 0.15) is 5.82 Å². The Bertz CT molecular complexity index is 492. The van der Waals surface area contributed by atoms with Crippen molar-refractivity contribution in [2.75, 3.05) is 0 Å². The Labute approximate surface area is 93.3 Å². The van der Waals surface area contributed by atoms with Crippen molar-refractivity contribution in [3.63, 3.8) is 0 Å². The maximum atomic E-state index is 13.1. The van der Waals surface area contributed by atoms with Crippen molar-refractivity contribution in [3.05, 3.63) is 58.9 Å². The number of aryl methyl sites for hydroxylation is 1. The van der Waals surface area contributed by atoms with Crippen LogP contribution in [-0.2, 0) is 0 Å². The van der Waals surface area contributed by atoms with Gasteiger partial charge in [0.05, 0.1) is 0 Å². The third kappa shape index (κ3) is 2.18. The van der Waals surface area contributed by atoms with Gasteiger partial charge in [-0.1, -0.05) is 29.8 Å². The zero-order valence-electron chi connectivity index (χ0n) is 8.30. The predicted octanol–water partition coefficient (Wildman–Crippen LogP) is 4.45. The van der Waals surface area contributed by atoms with E-state index < -0.39 is 0 Å². The third-order valence-electron chi connectivity index (χ3n) is 2.34. The first-order valence-corrected chi connectivity index (χ1v) is 5.07. The fourth-order valence-electron chi connectivity index (χ4n) is 1.56. The van der Waals surface area contributed by atoms with Gasteiger partial charge >= 0.3 is 0 Å². The summed E-state index contributed by atoms with van der Waals surface area (Å²) < 4.78 is 13.1. The second-order valence-electron chi connectivity index (χ2n) is 3.47. The lowest BCUT2D eigenvalue weighted by Gasteiger charge is -2.06. The van der Waals surface area contributed by atoms with E-state index in [1.165, 1.54) is 12.1 Å². The average Bonchev–Trinajstić information content (AvgIpc) is 2.22. The molecule has 0 unspecified atom stereocenters. The second-order valence-corrected chi connectivity index (χ2v) is 3.91. The van der Waals surface area contributed by atoms with E-state index in [2.05, 4.69) is 0 Å². The Hall–Kier alpha value is -1.34. The molecule has 2 aromatic rings. The second kappa shape index (κ2) is 4.03. The number of hydrogen-bond acceptors (Lipinski definition) is 0. The van der Waals surface area contributed by atoms with E-state index in [9.17, 15) is 4.39 Å². The van der Waals surface area contributed by atoms with Crippen molar-refractivity contribution in [1.82, 2.24) is 0 Å². The molecule has 0 N–H and O–H groups in total. The summed E-state index contributed by atoms with van der Waals surface area (Å²) in [5, 5.41) is 0.663. The van der Waals surface area contributed by atoms with Crippen molar-refractivity contribution < 1.29 is 4.39 Å². The van der Waals surface area contributed by atoms with Crippen LogP contribution in [0.5, 0.6) is 0 Å². The van der Waals surface area contributed by atoms with E-state index >= 15 is 0 Å². The summed E-state index contributed by atoms with van der Waals surface area (Å²) in [7, 11) is 0. The molecule has 15 heavy (non-hydrogen) atoms. The van der Waals surface area contributed by atoms with Crippen LogP contribution in [0.2, 0.25) is 5.02 Å². The van der Waals surface area contributed by atoms with Crippen molar-refractivity contribution in [2.24, 2.45) is 0 Å². The van der Waals surface area contributed by atoms with Crippen LogP contribution in [0, 0.1) is 12.7 Å². The molecule has 2 rings (SSSR count). The molecule has 2 heteroatoms. The molecule has 2 aromatic carbocycles. The van der Waals surface area contributed by atoms with Crippen molar-refractivity contribution >= 4 is 11.6 Å². The first-order chi connectivity index (χ1) is 7.16. The molecule has 0 saturated carbocycles. The van der Waals surface area contributed by atoms with Crippen LogP contribution >= 0.6 is 11.6 Å². The molecule has 0 nitrogen and oxygen atoms in total. The van der Waals surface area contributed by atoms with Gasteiger partial charge in [-0.3, -0.25) is 0 Å². The van der Waals surface area contributed by atoms with E-state index in [0.29, 0.717) is 5.02 Å². The molecule has 0 spiro atoms. The maximum Gasteiger partial charge on any atom is 0.123 e. The number of hydrogen-bond donors (Lipinski definition) is 0. The lowest BCUT2D eigenvalue weighted by atomic mass is 10.0. The zero-order chi connectivity index (χ0) is 10.8. The van der Waals surface area contributed by atoms with Gasteiger partial charge in [-0.05, 0) is 47.9 Å². The van der Waals surface area contributed by atoms with Gasteiger partial charge in [0.25, 0.3) is 0 Å². The van der Waals surface area contributed by atoms with Crippen molar-refractivity contribution in [1.29, 1.82) is 0 Å². The molecule has 76 valence electrons. The Kier molecular flexibility index (Phi) is 2.74. The number of rotatable bonds is 1. The average molecular weight is 221 g/mol. The number of benzene rings is 2. The van der Waals surface area contributed by atoms with Gasteiger partial charge < -0.3 is 0 Å². The normalized spacial score (nSPS) is 10.3. The van der Waals surface area contributed by atoms with Gasteiger partial charge in [0.15, 0.2) is 0 Å². The smallest absolute Gasteiger partial charge is 0.123 e. The molecular weight excluding hydrogens is 211 g/mol. The van der Waals surface area contributed by atoms with Crippen LogP contribution < -0.4 is 0 Å². The molecule has 0 amide bonds. The standard InChI is InChI=1S/C13H10ClF/c1-9-5-6-12(15)8-13(9)10-3-2-4-11(14)7-10/h2-8H,1H3. The maximum absolute atomic E-state index is 13.1. The highest BCUT2D eigenvalue weighted by atomic mass is 35.5. The SMILES string of the molecule is Cc1ccc(F)cc1-c1cccc(Cl)c1. The molecule has 0 aliphatic rings. The van der Waals surface area contributed by atoms with Crippen LogP contribution in [0.4, 0.5) is 4.39 Å². The topological polar surface area (TPSA) is 0 Å². The van der Waals surface area contributed by atoms with Crippen LogP contribution in [0.3, 0.4) is 0 Å². The van der Waals surface area contributed by atoms with E-state index in [4.69, 9.17) is 11.6 Å². The molecule has 0 bridgehead atoms. The summed E-state index contributed by atoms with van der Waals surface area (Å²) in [6.07, 6.45) is 0. The van der Waals surface area contributed by atoms with Gasteiger partial charge in [0, 0.05) is 5.02 Å². The van der Waals surface area contributed by atoms with Gasteiger partial charge in [-0.25, -0.2) is 4.39 Å². The fraction of sp³-hybridized carbons (Fsp3) is 0.0769. The minimum absolute atomic E-state index is 0.226. The van der Waals surface area contributed by atoms with Gasteiger partial charge in [-0.2, -0.15) is 0 Å². The number of halogens is 2. The minimum Gasteiger partial charge on any atom is -0.207 e. The molecule has 0 saturated heterocycles. The molecule has 0 aromatic heterocycles. The predicted molar refractivity (Wildman–Crippen MR) is 61.6 cm³/mol. The molecule has 0 fully saturated rings. The molecule has 0 aliphatic carbocycles. The Morgan fingerprint density at radius 1 is 1.07 bits per heavy atom. The highest BCUT2D eigenvalue weighted by Crippen LogP contribution is 2.26. The summed E-state index contributed by atoms with van der Waals surface area (Å²) in [6, 6.07) is 12.2. The summed E-state index contributed by atoms with van der Waals surface area (Å²) in [5.74, 6) is -0.226. The Balaban J connectivity index is 2.58. The molecular formula is C13H10ClF. The van der Waals surface area contributed by atoms with E-state index in [0.717, 1.165) is 16.7 Å². The van der Waals surface area contributed by atoms with Crippen molar-refractivity contribution in [3.8, 4) is 11.1 Å². The Morgan fingerprint density at radius 2 is 1.87 bits per heavy atom. The quantitative estimate of drug-likeness (QED) is 0.666. The van der Waals surface area contributed by atoms with Gasteiger partial charge in [-0.15, -0.1) is 0 Å². The minimum atomic E-state index is -0.226. The monoisotopic (exact) mass is 220 g/mol. The van der Waals surface area contributed by atoms with Crippen molar-refractivity contribution in [2.45, 2.75) is 6.92 Å². The molecule has 0 aliphatic heterocycles. The lowest BCUT2D eigenvalue weighted by Crippen LogP contribution is -1.85. The van der Waals surface area contributed by atoms with E-state index in [-0.39, 0.29) is 5.82 Å². The summed E-state index contributed by atoms with van der Waals surface area (Å²) >= 11 is 5.89. The highest BCUT2D eigenvalue weighted by Gasteiger charge is 2.03. The first kappa shape index (κ1) is 10.2. The Morgan fingerprint density at radius 3 is 2.60 bits per heavy atom. The molecule has 0 atom stereocenters. The summed E-state index contributed by atoms with van der Waals surface area (Å²) in [4.78, 5) is 0. The molecule has 0 heterocycles. The highest BCUT2D eigenvalue weighted by molar-refractivity contribution is 6.30. The third-order valence-corrected chi connectivity index (χ3v) is 2.57. The van der Waals surface area contributed by atoms with Gasteiger partial charge in [0.2, 0.25) is 0 Å². The first-order valence-electron chi connectivity index (χ1n) is 4.69.